The van der Waals surface area contributed by atoms with Crippen LogP contribution in [0.25, 0.3) is 0 Å². The summed E-state index contributed by atoms with van der Waals surface area (Å²) in [5.74, 6) is 0. The fraction of sp³-hybridized carbons (Fsp3) is 0.583. The van der Waals surface area contributed by atoms with Crippen molar-refractivity contribution in [1.29, 1.82) is 0 Å². The van der Waals surface area contributed by atoms with Gasteiger partial charge >= 0.3 is 0 Å². The van der Waals surface area contributed by atoms with Crippen molar-refractivity contribution < 1.29 is 0 Å². The fourth-order valence-corrected chi connectivity index (χ4v) is 2.15. The van der Waals surface area contributed by atoms with Gasteiger partial charge in [-0.25, -0.2) is 4.98 Å². The van der Waals surface area contributed by atoms with Crippen LogP contribution in [0.1, 0.15) is 31.2 Å². The summed E-state index contributed by atoms with van der Waals surface area (Å²) in [5.41, 5.74) is 2.29. The van der Waals surface area contributed by atoms with Crippen molar-refractivity contribution in [2.75, 3.05) is 18.0 Å². The molecule has 0 amide bonds. The number of hydrogen-bond acceptors (Lipinski definition) is 2. The molecule has 0 N–H and O–H groups in total. The van der Waals surface area contributed by atoms with Crippen LogP contribution in [0.4, 0.5) is 5.69 Å². The minimum atomic E-state index is 0.619. The van der Waals surface area contributed by atoms with Crippen LogP contribution >= 0.6 is 11.6 Å². The molecule has 1 aliphatic heterocycles. The summed E-state index contributed by atoms with van der Waals surface area (Å²) in [5, 5.41) is 0.619. The Morgan fingerprint density at radius 2 is 1.87 bits per heavy atom. The van der Waals surface area contributed by atoms with Gasteiger partial charge in [0, 0.05) is 13.1 Å². The number of nitrogens with zero attached hydrogens (tertiary/aromatic N) is 2. The minimum absolute atomic E-state index is 0.619. The standard InChI is InChI=1S/C12H17ClN2/c1-10-8-11(9-14-12(10)13)15-6-4-2-3-5-7-15/h8-9H,2-7H2,1H3. The monoisotopic (exact) mass is 224 g/mol. The van der Waals surface area contributed by atoms with Crippen molar-refractivity contribution in [1.82, 2.24) is 4.98 Å². The molecule has 1 fully saturated rings. The Balaban J connectivity index is 2.16. The maximum atomic E-state index is 5.92. The average molecular weight is 225 g/mol. The van der Waals surface area contributed by atoms with Gasteiger partial charge in [0.05, 0.1) is 11.9 Å². The van der Waals surface area contributed by atoms with Gasteiger partial charge in [-0.15, -0.1) is 0 Å². The van der Waals surface area contributed by atoms with Gasteiger partial charge in [-0.1, -0.05) is 24.4 Å². The Labute approximate surface area is 96.3 Å². The summed E-state index contributed by atoms with van der Waals surface area (Å²) >= 11 is 5.92. The molecule has 0 unspecified atom stereocenters. The maximum absolute atomic E-state index is 5.92. The normalized spacial score (nSPS) is 17.6. The molecule has 1 aromatic heterocycles. The summed E-state index contributed by atoms with van der Waals surface area (Å²) in [4.78, 5) is 6.63. The lowest BCUT2D eigenvalue weighted by Gasteiger charge is -2.22. The molecule has 0 aliphatic carbocycles. The first-order valence-electron chi connectivity index (χ1n) is 5.64. The third kappa shape index (κ3) is 2.63. The minimum Gasteiger partial charge on any atom is -0.370 e. The molecule has 82 valence electrons. The zero-order chi connectivity index (χ0) is 10.7. The van der Waals surface area contributed by atoms with E-state index in [-0.39, 0.29) is 0 Å². The lowest BCUT2D eigenvalue weighted by atomic mass is 10.2. The Bertz CT molecular complexity index is 330. The lowest BCUT2D eigenvalue weighted by molar-refractivity contribution is 0.726. The van der Waals surface area contributed by atoms with E-state index >= 15 is 0 Å². The number of pyridine rings is 1. The SMILES string of the molecule is Cc1cc(N2CCCCCC2)cnc1Cl. The predicted molar refractivity (Wildman–Crippen MR) is 64.7 cm³/mol. The van der Waals surface area contributed by atoms with E-state index in [4.69, 9.17) is 11.6 Å². The fourth-order valence-electron chi connectivity index (χ4n) is 2.05. The van der Waals surface area contributed by atoms with Gasteiger partial charge in [0.25, 0.3) is 0 Å². The molecule has 0 spiro atoms. The highest BCUT2D eigenvalue weighted by molar-refractivity contribution is 6.30. The van der Waals surface area contributed by atoms with Crippen molar-refractivity contribution in [3.63, 3.8) is 0 Å². The molecule has 0 saturated carbocycles. The molecular formula is C12H17ClN2. The quantitative estimate of drug-likeness (QED) is 0.680. The second kappa shape index (κ2) is 4.84. The van der Waals surface area contributed by atoms with E-state index in [2.05, 4.69) is 16.0 Å². The van der Waals surface area contributed by atoms with Gasteiger partial charge in [0.1, 0.15) is 5.15 Å². The number of hydrogen-bond donors (Lipinski definition) is 0. The summed E-state index contributed by atoms with van der Waals surface area (Å²) in [6.45, 7) is 4.32. The van der Waals surface area contributed by atoms with Crippen molar-refractivity contribution >= 4 is 17.3 Å². The highest BCUT2D eigenvalue weighted by Crippen LogP contribution is 2.22. The molecule has 1 aliphatic rings. The van der Waals surface area contributed by atoms with E-state index in [1.54, 1.807) is 0 Å². The lowest BCUT2D eigenvalue weighted by Crippen LogP contribution is -2.24. The first kappa shape index (κ1) is 10.7. The molecule has 0 aromatic carbocycles. The summed E-state index contributed by atoms with van der Waals surface area (Å²) in [7, 11) is 0. The van der Waals surface area contributed by atoms with Crippen LogP contribution in [0.3, 0.4) is 0 Å². The van der Waals surface area contributed by atoms with E-state index in [1.807, 2.05) is 13.1 Å². The van der Waals surface area contributed by atoms with Gasteiger partial charge < -0.3 is 4.90 Å². The Morgan fingerprint density at radius 1 is 1.20 bits per heavy atom. The smallest absolute Gasteiger partial charge is 0.132 e. The van der Waals surface area contributed by atoms with Crippen LogP contribution in [0, 0.1) is 6.92 Å². The Morgan fingerprint density at radius 3 is 2.47 bits per heavy atom. The zero-order valence-electron chi connectivity index (χ0n) is 9.17. The van der Waals surface area contributed by atoms with Crippen LogP contribution in [0.5, 0.6) is 0 Å². The van der Waals surface area contributed by atoms with Crippen LogP contribution < -0.4 is 4.90 Å². The molecule has 2 nitrogen and oxygen atoms in total. The molecular weight excluding hydrogens is 208 g/mol. The molecule has 2 heterocycles. The number of aryl methyl sites for hydroxylation is 1. The topological polar surface area (TPSA) is 16.1 Å². The van der Waals surface area contributed by atoms with Crippen molar-refractivity contribution in [3.8, 4) is 0 Å². The second-order valence-corrected chi connectivity index (χ2v) is 4.56. The van der Waals surface area contributed by atoms with Gasteiger partial charge in [-0.3, -0.25) is 0 Å². The van der Waals surface area contributed by atoms with Crippen molar-refractivity contribution in [2.45, 2.75) is 32.6 Å². The average Bonchev–Trinajstić information content (AvgIpc) is 2.50. The number of aromatic nitrogens is 1. The first-order valence-corrected chi connectivity index (χ1v) is 6.02. The molecule has 1 saturated heterocycles. The first-order chi connectivity index (χ1) is 7.27. The van der Waals surface area contributed by atoms with Gasteiger partial charge in [-0.05, 0) is 31.4 Å². The molecule has 3 heteroatoms. The Kier molecular flexibility index (Phi) is 3.47. The van der Waals surface area contributed by atoms with E-state index in [0.29, 0.717) is 5.15 Å². The van der Waals surface area contributed by atoms with Crippen LogP contribution in [-0.2, 0) is 0 Å². The van der Waals surface area contributed by atoms with Crippen LogP contribution in [0.15, 0.2) is 12.3 Å². The molecule has 0 radical (unpaired) electrons. The number of anilines is 1. The van der Waals surface area contributed by atoms with E-state index < -0.39 is 0 Å². The highest BCUT2D eigenvalue weighted by Gasteiger charge is 2.10. The summed E-state index contributed by atoms with van der Waals surface area (Å²) < 4.78 is 0. The molecule has 0 bridgehead atoms. The van der Waals surface area contributed by atoms with Gasteiger partial charge in [0.2, 0.25) is 0 Å². The third-order valence-electron chi connectivity index (χ3n) is 2.97. The summed E-state index contributed by atoms with van der Waals surface area (Å²) in [6, 6.07) is 2.14. The van der Waals surface area contributed by atoms with Crippen molar-refractivity contribution in [3.05, 3.63) is 23.0 Å². The van der Waals surface area contributed by atoms with Gasteiger partial charge in [-0.2, -0.15) is 0 Å². The van der Waals surface area contributed by atoms with Gasteiger partial charge in [0.15, 0.2) is 0 Å². The van der Waals surface area contributed by atoms with E-state index in [0.717, 1.165) is 18.7 Å². The second-order valence-electron chi connectivity index (χ2n) is 4.20. The van der Waals surface area contributed by atoms with Crippen molar-refractivity contribution in [2.24, 2.45) is 0 Å². The number of halogens is 1. The zero-order valence-corrected chi connectivity index (χ0v) is 9.93. The highest BCUT2D eigenvalue weighted by atomic mass is 35.5. The number of rotatable bonds is 1. The molecule has 15 heavy (non-hydrogen) atoms. The van der Waals surface area contributed by atoms with Crippen LogP contribution in [-0.4, -0.2) is 18.1 Å². The summed E-state index contributed by atoms with van der Waals surface area (Å²) in [6.07, 6.45) is 7.19. The van der Waals surface area contributed by atoms with Crippen LogP contribution in [0.2, 0.25) is 5.15 Å². The third-order valence-corrected chi connectivity index (χ3v) is 3.37. The molecule has 1 aromatic rings. The Hall–Kier alpha value is -0.760. The maximum Gasteiger partial charge on any atom is 0.132 e. The molecule has 2 rings (SSSR count). The van der Waals surface area contributed by atoms with E-state index in [1.165, 1.54) is 31.4 Å². The predicted octanol–water partition coefficient (Wildman–Crippen LogP) is 3.42. The largest absolute Gasteiger partial charge is 0.370 e. The molecule has 0 atom stereocenters. The van der Waals surface area contributed by atoms with E-state index in [9.17, 15) is 0 Å².